The van der Waals surface area contributed by atoms with Crippen LogP contribution in [0.3, 0.4) is 0 Å². The van der Waals surface area contributed by atoms with Gasteiger partial charge in [-0.15, -0.1) is 0 Å². The van der Waals surface area contributed by atoms with Gasteiger partial charge in [0.2, 0.25) is 33.4 Å². The highest BCUT2D eigenvalue weighted by molar-refractivity contribution is 7.89. The van der Waals surface area contributed by atoms with Crippen LogP contribution in [0, 0.1) is 0 Å². The molecule has 352 valence electrons. The van der Waals surface area contributed by atoms with Crippen LogP contribution in [-0.4, -0.2) is 130 Å². The molecule has 0 unspecified atom stereocenters. The van der Waals surface area contributed by atoms with E-state index in [0.717, 1.165) is 67.1 Å². The second-order valence-corrected chi connectivity index (χ2v) is 20.9. The fraction of sp³-hybridized carbons (Fsp3) is 0.423. The number of hydrogen-bond acceptors (Lipinski definition) is 7. The fourth-order valence-corrected chi connectivity index (χ4v) is 10.9. The summed E-state index contributed by atoms with van der Waals surface area (Å²) in [5, 5.41) is 5.49. The molecule has 0 radical (unpaired) electrons. The maximum absolute atomic E-state index is 13.8. The molecule has 1 fully saturated rings. The molecule has 3 aromatic carbocycles. The van der Waals surface area contributed by atoms with Crippen molar-refractivity contribution in [3.05, 3.63) is 132 Å². The average Bonchev–Trinajstić information content (AvgIpc) is 3.61. The molecular weight excluding hydrogens is 849 g/mol. The summed E-state index contributed by atoms with van der Waals surface area (Å²) in [5.74, 6) is -0.963. The van der Waals surface area contributed by atoms with E-state index < -0.39 is 15.4 Å². The van der Waals surface area contributed by atoms with Crippen molar-refractivity contribution in [3.8, 4) is 0 Å². The first-order chi connectivity index (χ1) is 31.3. The van der Waals surface area contributed by atoms with Gasteiger partial charge in [-0.1, -0.05) is 74.6 Å². The molecule has 3 heterocycles. The third kappa shape index (κ3) is 11.3. The minimum atomic E-state index is -3.84. The monoisotopic (exact) mass is 919 g/mol. The molecule has 0 aliphatic carbocycles. The van der Waals surface area contributed by atoms with E-state index in [9.17, 15) is 22.8 Å². The topological polar surface area (TPSA) is 148 Å². The summed E-state index contributed by atoms with van der Waals surface area (Å²) in [7, 11) is 1.80. The van der Waals surface area contributed by atoms with Crippen molar-refractivity contribution < 1.29 is 31.9 Å². The van der Waals surface area contributed by atoms with Gasteiger partial charge in [0, 0.05) is 86.8 Å². The lowest BCUT2D eigenvalue weighted by atomic mass is 9.81. The Morgan fingerprint density at radius 1 is 0.894 bits per heavy atom. The number of likely N-dealkylation sites (N-methyl/N-ethyl adjacent to an activating group) is 2. The molecule has 0 atom stereocenters. The Balaban J connectivity index is 0.934. The number of quaternary nitrogens is 1. The van der Waals surface area contributed by atoms with E-state index in [1.54, 1.807) is 12.1 Å². The molecule has 66 heavy (non-hydrogen) atoms. The third-order valence-electron chi connectivity index (χ3n) is 13.9. The number of carbonyl (C=O) groups excluding carboxylic acids is 3. The van der Waals surface area contributed by atoms with E-state index in [0.29, 0.717) is 18.7 Å². The summed E-state index contributed by atoms with van der Waals surface area (Å²) < 4.78 is 32.1. The van der Waals surface area contributed by atoms with Gasteiger partial charge in [-0.3, -0.25) is 19.3 Å². The van der Waals surface area contributed by atoms with Crippen LogP contribution in [0.25, 0.3) is 0 Å². The molecule has 1 saturated heterocycles. The molecule has 4 N–H and O–H groups in total. The van der Waals surface area contributed by atoms with Crippen molar-refractivity contribution in [1.29, 1.82) is 0 Å². The summed E-state index contributed by atoms with van der Waals surface area (Å²) in [6, 6.07) is 21.6. The molecule has 0 aromatic heterocycles. The minimum Gasteiger partial charge on any atom is -0.369 e. The molecule has 3 amide bonds. The van der Waals surface area contributed by atoms with Crippen LogP contribution in [-0.2, 0) is 41.7 Å². The van der Waals surface area contributed by atoms with Crippen molar-refractivity contribution in [2.75, 3.05) is 90.3 Å². The Morgan fingerprint density at radius 3 is 2.26 bits per heavy atom. The van der Waals surface area contributed by atoms with Gasteiger partial charge in [-0.25, -0.2) is 12.7 Å². The molecular formula is C52H70N8O5S+2. The van der Waals surface area contributed by atoms with E-state index in [2.05, 4.69) is 109 Å². The fourth-order valence-electron chi connectivity index (χ4n) is 9.63. The lowest BCUT2D eigenvalue weighted by molar-refractivity contribution is -0.930. The standard InChI is InChI=1S/C52H68N8O5S/c1-9-60(34-31-59(32-35-60)38-48(53)61)33-29-39-23-25-40(26-24-39)55-50(63)37-54-49(62)22-17-30-56(6)66(64,65)41-27-28-45-43(36-41)52(4,5)47(58(45)8)21-14-12-10-11-13-20-46-51(2,3)42-18-15-16-19-44(42)57(46)7/h10-16,18-21,23-28,36H,9,17,22,29-35,37-38H2,1-8H3,(H2-2,53,54,55,61,62,63)/p+2. The Kier molecular flexibility index (Phi) is 15.7. The van der Waals surface area contributed by atoms with Gasteiger partial charge < -0.3 is 25.8 Å². The van der Waals surface area contributed by atoms with Gasteiger partial charge in [0.15, 0.2) is 5.71 Å². The van der Waals surface area contributed by atoms with Crippen LogP contribution >= 0.6 is 0 Å². The SMILES string of the molecule is CC[N+]1(CCc2ccc(NC(=O)CNC(=O)CCCN(C)S(=O)(=O)c3ccc4c(c3)C(C)(C)C(=CC=CC=CC=CC3=[N+](C)c5ccccc5C3(C)C)N4C)cc2)CCN(CC(N)=O)CC1. The van der Waals surface area contributed by atoms with Crippen molar-refractivity contribution in [2.24, 2.45) is 5.73 Å². The van der Waals surface area contributed by atoms with E-state index in [4.69, 9.17) is 5.73 Å². The number of allylic oxidation sites excluding steroid dienone is 8. The van der Waals surface area contributed by atoms with Gasteiger partial charge in [0.1, 0.15) is 7.05 Å². The predicted molar refractivity (Wildman–Crippen MR) is 266 cm³/mol. The Hall–Kier alpha value is -5.67. The molecule has 3 aliphatic heterocycles. The molecule has 13 nitrogen and oxygen atoms in total. The molecule has 0 bridgehead atoms. The van der Waals surface area contributed by atoms with E-state index in [1.165, 1.54) is 33.9 Å². The first-order valence-corrected chi connectivity index (χ1v) is 24.5. The van der Waals surface area contributed by atoms with Crippen LogP contribution in [0.5, 0.6) is 0 Å². The average molecular weight is 919 g/mol. The van der Waals surface area contributed by atoms with Crippen molar-refractivity contribution >= 4 is 50.5 Å². The number of nitrogens with zero attached hydrogens (tertiary/aromatic N) is 5. The smallest absolute Gasteiger partial charge is 0.243 e. The van der Waals surface area contributed by atoms with Gasteiger partial charge in [0.05, 0.1) is 49.6 Å². The molecule has 0 saturated carbocycles. The number of carbonyl (C=O) groups is 3. The quantitative estimate of drug-likeness (QED) is 0.0759. The number of sulfonamides is 1. The zero-order valence-electron chi connectivity index (χ0n) is 40.1. The number of anilines is 2. The largest absolute Gasteiger partial charge is 0.369 e. The molecule has 3 aromatic rings. The normalized spacial score (nSPS) is 18.5. The number of benzene rings is 3. The lowest BCUT2D eigenvalue weighted by Crippen LogP contribution is -2.60. The van der Waals surface area contributed by atoms with Gasteiger partial charge >= 0.3 is 0 Å². The maximum atomic E-state index is 13.8. The summed E-state index contributed by atoms with van der Waals surface area (Å²) in [5.41, 5.74) is 13.4. The third-order valence-corrected chi connectivity index (χ3v) is 15.7. The van der Waals surface area contributed by atoms with E-state index in [-0.39, 0.29) is 47.5 Å². The van der Waals surface area contributed by atoms with Crippen LogP contribution in [0.15, 0.2) is 120 Å². The van der Waals surface area contributed by atoms with Crippen molar-refractivity contribution in [2.45, 2.75) is 69.6 Å². The van der Waals surface area contributed by atoms with Crippen molar-refractivity contribution in [3.63, 3.8) is 0 Å². The summed E-state index contributed by atoms with van der Waals surface area (Å²) in [6.45, 7) is 16.9. The Morgan fingerprint density at radius 2 is 1.58 bits per heavy atom. The second kappa shape index (κ2) is 20.9. The number of nitrogens with two attached hydrogens (primary N) is 1. The zero-order valence-corrected chi connectivity index (χ0v) is 41.0. The van der Waals surface area contributed by atoms with Gasteiger partial charge in [-0.2, -0.15) is 4.58 Å². The van der Waals surface area contributed by atoms with Gasteiger partial charge in [-0.05, 0) is 74.7 Å². The Labute approximate surface area is 392 Å². The first kappa shape index (κ1) is 49.8. The highest BCUT2D eigenvalue weighted by atomic mass is 32.2. The van der Waals surface area contributed by atoms with Crippen LogP contribution < -0.4 is 21.3 Å². The van der Waals surface area contributed by atoms with Crippen molar-refractivity contribution in [1.82, 2.24) is 14.5 Å². The number of fused-ring (bicyclic) bond motifs is 2. The zero-order chi connectivity index (χ0) is 47.9. The lowest BCUT2D eigenvalue weighted by Gasteiger charge is -2.44. The second-order valence-electron chi connectivity index (χ2n) is 18.9. The molecule has 0 spiro atoms. The summed E-state index contributed by atoms with van der Waals surface area (Å²) in [4.78, 5) is 41.1. The number of hydrogen-bond donors (Lipinski definition) is 3. The highest BCUT2D eigenvalue weighted by Crippen LogP contribution is 2.48. The Bertz CT molecular complexity index is 2550. The van der Waals surface area contributed by atoms with E-state index in [1.807, 2.05) is 61.7 Å². The van der Waals surface area contributed by atoms with Crippen LogP contribution in [0.2, 0.25) is 0 Å². The number of para-hydroxylation sites is 1. The maximum Gasteiger partial charge on any atom is 0.243 e. The number of nitrogens with one attached hydrogen (secondary N) is 2. The summed E-state index contributed by atoms with van der Waals surface area (Å²) in [6.07, 6.45) is 15.6. The molecule has 3 aliphatic rings. The predicted octanol–water partition coefficient (Wildman–Crippen LogP) is 6.01. The first-order valence-electron chi connectivity index (χ1n) is 23.1. The minimum absolute atomic E-state index is 0.0712. The van der Waals surface area contributed by atoms with Gasteiger partial charge in [0.25, 0.3) is 0 Å². The van der Waals surface area contributed by atoms with E-state index >= 15 is 0 Å². The highest BCUT2D eigenvalue weighted by Gasteiger charge is 2.43. The van der Waals surface area contributed by atoms with Crippen LogP contribution in [0.4, 0.5) is 17.1 Å². The molecule has 6 rings (SSSR count). The number of rotatable bonds is 19. The summed E-state index contributed by atoms with van der Waals surface area (Å²) >= 11 is 0. The number of primary amides is 1. The molecule has 14 heteroatoms. The number of piperazine rings is 1. The number of amides is 3. The van der Waals surface area contributed by atoms with Crippen LogP contribution in [0.1, 0.15) is 64.2 Å².